The molecule has 6 heteroatoms. The van der Waals surface area contributed by atoms with Gasteiger partial charge in [0.25, 0.3) is 0 Å². The average Bonchev–Trinajstić information content (AvgIpc) is 2.14. The largest absolute Gasteiger partial charge is 0.480 e. The molecule has 1 unspecified atom stereocenters. The monoisotopic (exact) mass is 230 g/mol. The van der Waals surface area contributed by atoms with Gasteiger partial charge in [-0.25, -0.2) is 9.59 Å². The first-order valence-corrected chi connectivity index (χ1v) is 4.39. The summed E-state index contributed by atoms with van der Waals surface area (Å²) in [5.41, 5.74) is 0. The highest BCUT2D eigenvalue weighted by molar-refractivity contribution is 6.29. The van der Waals surface area contributed by atoms with Crippen LogP contribution in [-0.2, 0) is 4.79 Å². The van der Waals surface area contributed by atoms with Gasteiger partial charge >= 0.3 is 12.0 Å². The maximum atomic E-state index is 11.1. The zero-order valence-electron chi connectivity index (χ0n) is 7.92. The lowest BCUT2D eigenvalue weighted by Crippen LogP contribution is -2.46. The molecule has 1 atom stereocenters. The maximum absolute atomic E-state index is 11.1. The van der Waals surface area contributed by atoms with Crippen LogP contribution in [0.15, 0.2) is 11.6 Å². The van der Waals surface area contributed by atoms with Gasteiger partial charge < -0.3 is 15.7 Å². The van der Waals surface area contributed by atoms with Crippen molar-refractivity contribution in [3.05, 3.63) is 11.6 Å². The van der Waals surface area contributed by atoms with Crippen LogP contribution in [0.5, 0.6) is 0 Å². The summed E-state index contributed by atoms with van der Waals surface area (Å²) in [6.07, 6.45) is 4.87. The quantitative estimate of drug-likeness (QED) is 0.603. The molecule has 5 nitrogen and oxygen atoms in total. The number of nitrogens with one attached hydrogen (secondary N) is 2. The van der Waals surface area contributed by atoms with Crippen LogP contribution < -0.4 is 10.6 Å². The van der Waals surface area contributed by atoms with Crippen molar-refractivity contribution >= 4 is 23.6 Å². The van der Waals surface area contributed by atoms with E-state index in [1.165, 1.54) is 0 Å². The van der Waals surface area contributed by atoms with E-state index >= 15 is 0 Å². The summed E-state index contributed by atoms with van der Waals surface area (Å²) >= 11 is 5.40. The van der Waals surface area contributed by atoms with Crippen molar-refractivity contribution in [1.29, 1.82) is 0 Å². The minimum atomic E-state index is -1.19. The lowest BCUT2D eigenvalue weighted by atomic mass is 10.2. The van der Waals surface area contributed by atoms with Gasteiger partial charge in [0, 0.05) is 11.5 Å². The predicted molar refractivity (Wildman–Crippen MR) is 56.4 cm³/mol. The number of carboxylic acids is 1. The summed E-state index contributed by atoms with van der Waals surface area (Å²) < 4.78 is 0. The van der Waals surface area contributed by atoms with Crippen molar-refractivity contribution in [3.8, 4) is 12.3 Å². The Morgan fingerprint density at radius 1 is 1.60 bits per heavy atom. The minimum absolute atomic E-state index is 0.0653. The summed E-state index contributed by atoms with van der Waals surface area (Å²) in [6, 6.07) is -1.75. The van der Waals surface area contributed by atoms with Crippen LogP contribution >= 0.6 is 11.6 Å². The Balaban J connectivity index is 4.07. The Kier molecular flexibility index (Phi) is 5.99. The van der Waals surface area contributed by atoms with Crippen molar-refractivity contribution in [3.63, 3.8) is 0 Å². The second kappa shape index (κ2) is 6.74. The summed E-state index contributed by atoms with van der Waals surface area (Å²) in [5.74, 6) is 0.965. The number of halogens is 1. The molecule has 0 fully saturated rings. The summed E-state index contributed by atoms with van der Waals surface area (Å²) in [4.78, 5) is 21.7. The molecule has 0 saturated heterocycles. The van der Waals surface area contributed by atoms with Crippen LogP contribution in [0.1, 0.15) is 6.42 Å². The number of carbonyl (C=O) groups is 2. The Morgan fingerprint density at radius 2 is 2.20 bits per heavy atom. The van der Waals surface area contributed by atoms with Gasteiger partial charge in [-0.1, -0.05) is 18.2 Å². The summed E-state index contributed by atoms with van der Waals surface area (Å²) in [6.45, 7) is 3.42. The molecule has 0 aliphatic heterocycles. The molecule has 0 rings (SSSR count). The SMILES string of the molecule is C#CCC(NC(=O)NCC(=C)Cl)C(=O)O. The van der Waals surface area contributed by atoms with Crippen LogP contribution in [0.25, 0.3) is 0 Å². The van der Waals surface area contributed by atoms with E-state index in [9.17, 15) is 9.59 Å². The van der Waals surface area contributed by atoms with Crippen molar-refractivity contribution in [2.75, 3.05) is 6.54 Å². The normalized spacial score (nSPS) is 10.9. The van der Waals surface area contributed by atoms with E-state index in [1.54, 1.807) is 0 Å². The molecule has 0 heterocycles. The topological polar surface area (TPSA) is 78.4 Å². The number of carboxylic acid groups (broad SMARTS) is 1. The van der Waals surface area contributed by atoms with E-state index in [2.05, 4.69) is 23.1 Å². The van der Waals surface area contributed by atoms with Gasteiger partial charge in [0.05, 0.1) is 6.54 Å². The van der Waals surface area contributed by atoms with E-state index in [1.807, 2.05) is 0 Å². The van der Waals surface area contributed by atoms with Gasteiger partial charge in [0.1, 0.15) is 6.04 Å². The number of hydrogen-bond donors (Lipinski definition) is 3. The minimum Gasteiger partial charge on any atom is -0.480 e. The van der Waals surface area contributed by atoms with Gasteiger partial charge in [-0.15, -0.1) is 12.3 Å². The number of amides is 2. The molecule has 82 valence electrons. The molecule has 0 aromatic rings. The lowest BCUT2D eigenvalue weighted by molar-refractivity contribution is -0.139. The second-order valence-corrected chi connectivity index (χ2v) is 3.18. The highest BCUT2D eigenvalue weighted by atomic mass is 35.5. The Bertz CT molecular complexity index is 309. The number of rotatable bonds is 5. The Morgan fingerprint density at radius 3 is 2.60 bits per heavy atom. The zero-order valence-corrected chi connectivity index (χ0v) is 8.67. The van der Waals surface area contributed by atoms with E-state index < -0.39 is 18.0 Å². The molecule has 0 aliphatic carbocycles. The van der Waals surface area contributed by atoms with Crippen LogP contribution in [0.2, 0.25) is 0 Å². The molecule has 0 bridgehead atoms. The molecule has 15 heavy (non-hydrogen) atoms. The Labute approximate surface area is 92.5 Å². The van der Waals surface area contributed by atoms with E-state index in [0.717, 1.165) is 0 Å². The number of hydrogen-bond acceptors (Lipinski definition) is 2. The first kappa shape index (κ1) is 13.3. The molecule has 0 saturated carbocycles. The molecular weight excluding hydrogens is 220 g/mol. The van der Waals surface area contributed by atoms with Gasteiger partial charge in [-0.05, 0) is 0 Å². The molecule has 0 radical (unpaired) electrons. The standard InChI is InChI=1S/C9H11ClN2O3/c1-3-4-7(8(13)14)12-9(15)11-5-6(2)10/h1,7H,2,4-5H2,(H,13,14)(H2,11,12,15). The maximum Gasteiger partial charge on any atom is 0.327 e. The fourth-order valence-corrected chi connectivity index (χ4v) is 0.770. The third kappa shape index (κ3) is 6.41. The average molecular weight is 231 g/mol. The van der Waals surface area contributed by atoms with Crippen molar-refractivity contribution in [2.24, 2.45) is 0 Å². The van der Waals surface area contributed by atoms with Gasteiger partial charge in [-0.3, -0.25) is 0 Å². The van der Waals surface area contributed by atoms with Crippen LogP contribution in [0.3, 0.4) is 0 Å². The van der Waals surface area contributed by atoms with Crippen molar-refractivity contribution in [1.82, 2.24) is 10.6 Å². The van der Waals surface area contributed by atoms with Crippen molar-refractivity contribution < 1.29 is 14.7 Å². The summed E-state index contributed by atoms with van der Waals surface area (Å²) in [5, 5.41) is 13.4. The molecular formula is C9H11ClN2O3. The number of carbonyl (C=O) groups excluding carboxylic acids is 1. The van der Waals surface area contributed by atoms with E-state index in [-0.39, 0.29) is 18.0 Å². The third-order valence-electron chi connectivity index (χ3n) is 1.37. The second-order valence-electron chi connectivity index (χ2n) is 2.64. The third-order valence-corrected chi connectivity index (χ3v) is 1.50. The van der Waals surface area contributed by atoms with Crippen LogP contribution in [0.4, 0.5) is 4.79 Å². The first-order valence-electron chi connectivity index (χ1n) is 4.01. The van der Waals surface area contributed by atoms with E-state index in [4.69, 9.17) is 23.1 Å². The van der Waals surface area contributed by atoms with Gasteiger partial charge in [0.15, 0.2) is 0 Å². The molecule has 0 aliphatic rings. The van der Waals surface area contributed by atoms with Gasteiger partial charge in [0.2, 0.25) is 0 Å². The number of aliphatic carboxylic acids is 1. The molecule has 0 aromatic carbocycles. The Hall–Kier alpha value is -1.67. The van der Waals surface area contributed by atoms with Crippen LogP contribution in [0, 0.1) is 12.3 Å². The lowest BCUT2D eigenvalue weighted by Gasteiger charge is -2.12. The van der Waals surface area contributed by atoms with Crippen molar-refractivity contribution in [2.45, 2.75) is 12.5 Å². The number of urea groups is 1. The highest BCUT2D eigenvalue weighted by Gasteiger charge is 2.18. The summed E-state index contributed by atoms with van der Waals surface area (Å²) in [7, 11) is 0. The highest BCUT2D eigenvalue weighted by Crippen LogP contribution is 1.93. The molecule has 2 amide bonds. The molecule has 0 aromatic heterocycles. The van der Waals surface area contributed by atoms with Crippen LogP contribution in [-0.4, -0.2) is 29.7 Å². The molecule has 0 spiro atoms. The molecule has 3 N–H and O–H groups in total. The fourth-order valence-electron chi connectivity index (χ4n) is 0.703. The first-order chi connectivity index (χ1) is 6.97. The zero-order chi connectivity index (χ0) is 11.8. The predicted octanol–water partition coefficient (Wildman–Crippen LogP) is 0.515. The van der Waals surface area contributed by atoms with E-state index in [0.29, 0.717) is 0 Å². The fraction of sp³-hybridized carbons (Fsp3) is 0.333. The number of terminal acetylenes is 1. The smallest absolute Gasteiger partial charge is 0.327 e. The van der Waals surface area contributed by atoms with Gasteiger partial charge in [-0.2, -0.15) is 0 Å².